The standard InChI is InChI=1S/C24H23NO/c1-26-21-14-15-23-19(16-21)8-5-9-22(17-6-3-2-4-7-17)24(23)18-10-12-20(25)13-11-18/h2-4,6-7,10-16H,5,8-9,25H2,1H3. The van der Waals surface area contributed by atoms with E-state index in [9.17, 15) is 0 Å². The van der Waals surface area contributed by atoms with Crippen molar-refractivity contribution in [1.29, 1.82) is 0 Å². The third-order valence-electron chi connectivity index (χ3n) is 5.08. The maximum atomic E-state index is 5.93. The summed E-state index contributed by atoms with van der Waals surface area (Å²) in [5.74, 6) is 0.920. The molecule has 0 aromatic heterocycles. The Morgan fingerprint density at radius 2 is 1.58 bits per heavy atom. The normalized spacial score (nSPS) is 13.9. The molecule has 0 heterocycles. The third kappa shape index (κ3) is 3.11. The molecule has 0 bridgehead atoms. The molecule has 2 N–H and O–H groups in total. The van der Waals surface area contributed by atoms with Crippen molar-refractivity contribution in [1.82, 2.24) is 0 Å². The van der Waals surface area contributed by atoms with E-state index in [1.807, 2.05) is 12.1 Å². The summed E-state index contributed by atoms with van der Waals surface area (Å²) in [5.41, 5.74) is 14.6. The van der Waals surface area contributed by atoms with Crippen LogP contribution in [0.4, 0.5) is 5.69 Å². The molecule has 0 fully saturated rings. The Kier molecular flexibility index (Phi) is 4.49. The summed E-state index contributed by atoms with van der Waals surface area (Å²) in [6, 6.07) is 25.4. The van der Waals surface area contributed by atoms with Gasteiger partial charge in [0.2, 0.25) is 0 Å². The SMILES string of the molecule is COc1ccc2c(c1)CCCC(c1ccccc1)=C2c1ccc(N)cc1. The fourth-order valence-corrected chi connectivity index (χ4v) is 3.80. The van der Waals surface area contributed by atoms with Crippen LogP contribution in [0, 0.1) is 0 Å². The highest BCUT2D eigenvalue weighted by Crippen LogP contribution is 2.40. The van der Waals surface area contributed by atoms with Gasteiger partial charge in [-0.25, -0.2) is 0 Å². The molecule has 26 heavy (non-hydrogen) atoms. The first-order chi connectivity index (χ1) is 12.8. The van der Waals surface area contributed by atoms with E-state index >= 15 is 0 Å². The van der Waals surface area contributed by atoms with Gasteiger partial charge in [0.15, 0.2) is 0 Å². The van der Waals surface area contributed by atoms with E-state index in [1.165, 1.54) is 33.4 Å². The summed E-state index contributed by atoms with van der Waals surface area (Å²) in [5, 5.41) is 0. The predicted octanol–water partition coefficient (Wildman–Crippen LogP) is 5.57. The molecular formula is C24H23NO. The molecule has 0 atom stereocenters. The Hall–Kier alpha value is -3.00. The van der Waals surface area contributed by atoms with Gasteiger partial charge in [0.1, 0.15) is 5.75 Å². The van der Waals surface area contributed by atoms with Crippen LogP contribution < -0.4 is 10.5 Å². The fourth-order valence-electron chi connectivity index (χ4n) is 3.80. The summed E-state index contributed by atoms with van der Waals surface area (Å²) < 4.78 is 5.46. The zero-order chi connectivity index (χ0) is 17.9. The van der Waals surface area contributed by atoms with Gasteiger partial charge in [-0.1, -0.05) is 48.5 Å². The molecule has 0 aliphatic heterocycles. The third-order valence-corrected chi connectivity index (χ3v) is 5.08. The maximum Gasteiger partial charge on any atom is 0.119 e. The van der Waals surface area contributed by atoms with Crippen molar-refractivity contribution in [3.63, 3.8) is 0 Å². The van der Waals surface area contributed by atoms with Gasteiger partial charge in [0.05, 0.1) is 7.11 Å². The van der Waals surface area contributed by atoms with Crippen LogP contribution >= 0.6 is 0 Å². The molecule has 2 heteroatoms. The van der Waals surface area contributed by atoms with Crippen LogP contribution in [-0.2, 0) is 6.42 Å². The van der Waals surface area contributed by atoms with Crippen LogP contribution in [0.3, 0.4) is 0 Å². The topological polar surface area (TPSA) is 35.2 Å². The van der Waals surface area contributed by atoms with Crippen molar-refractivity contribution < 1.29 is 4.74 Å². The van der Waals surface area contributed by atoms with Crippen molar-refractivity contribution >= 4 is 16.8 Å². The number of nitrogens with two attached hydrogens (primary N) is 1. The molecule has 0 saturated heterocycles. The minimum atomic E-state index is 0.791. The predicted molar refractivity (Wildman–Crippen MR) is 109 cm³/mol. The Balaban J connectivity index is 1.98. The summed E-state index contributed by atoms with van der Waals surface area (Å²) in [6.07, 6.45) is 3.24. The molecule has 0 spiro atoms. The van der Waals surface area contributed by atoms with E-state index in [0.717, 1.165) is 30.7 Å². The van der Waals surface area contributed by atoms with Crippen molar-refractivity contribution in [3.05, 3.63) is 95.1 Å². The van der Waals surface area contributed by atoms with Crippen molar-refractivity contribution in [3.8, 4) is 5.75 Å². The van der Waals surface area contributed by atoms with Gasteiger partial charge >= 0.3 is 0 Å². The summed E-state index contributed by atoms with van der Waals surface area (Å²) >= 11 is 0. The largest absolute Gasteiger partial charge is 0.497 e. The smallest absolute Gasteiger partial charge is 0.119 e. The average molecular weight is 341 g/mol. The molecule has 4 rings (SSSR count). The summed E-state index contributed by atoms with van der Waals surface area (Å²) in [7, 11) is 1.73. The fraction of sp³-hybridized carbons (Fsp3) is 0.167. The van der Waals surface area contributed by atoms with Gasteiger partial charge in [0, 0.05) is 5.69 Å². The minimum absolute atomic E-state index is 0.791. The number of ether oxygens (including phenoxy) is 1. The number of fused-ring (bicyclic) bond motifs is 1. The lowest BCUT2D eigenvalue weighted by atomic mass is 9.88. The van der Waals surface area contributed by atoms with Crippen LogP contribution in [0.1, 0.15) is 35.1 Å². The zero-order valence-corrected chi connectivity index (χ0v) is 15.0. The first-order valence-corrected chi connectivity index (χ1v) is 9.08. The Labute approximate surface area is 154 Å². The van der Waals surface area contributed by atoms with Crippen LogP contribution in [0.25, 0.3) is 11.1 Å². The van der Waals surface area contributed by atoms with Crippen molar-refractivity contribution in [2.45, 2.75) is 19.3 Å². The van der Waals surface area contributed by atoms with Gasteiger partial charge in [-0.2, -0.15) is 0 Å². The van der Waals surface area contributed by atoms with Crippen molar-refractivity contribution in [2.24, 2.45) is 0 Å². The molecular weight excluding hydrogens is 318 g/mol. The molecule has 0 radical (unpaired) electrons. The first kappa shape index (κ1) is 16.5. The number of hydrogen-bond donors (Lipinski definition) is 1. The average Bonchev–Trinajstić information content (AvgIpc) is 2.88. The number of rotatable bonds is 3. The van der Waals surface area contributed by atoms with Gasteiger partial charge in [0.25, 0.3) is 0 Å². The van der Waals surface area contributed by atoms with Crippen molar-refractivity contribution in [2.75, 3.05) is 12.8 Å². The van der Waals surface area contributed by atoms with Gasteiger partial charge < -0.3 is 10.5 Å². The quantitative estimate of drug-likeness (QED) is 0.632. The van der Waals surface area contributed by atoms with E-state index in [2.05, 4.69) is 60.7 Å². The number of hydrogen-bond acceptors (Lipinski definition) is 2. The molecule has 1 aliphatic carbocycles. The van der Waals surface area contributed by atoms with E-state index in [1.54, 1.807) is 7.11 Å². The highest BCUT2D eigenvalue weighted by Gasteiger charge is 2.20. The molecule has 3 aromatic rings. The second-order valence-corrected chi connectivity index (χ2v) is 6.72. The first-order valence-electron chi connectivity index (χ1n) is 9.08. The number of anilines is 1. The van der Waals surface area contributed by atoms with Gasteiger partial charge in [-0.15, -0.1) is 0 Å². The van der Waals surface area contributed by atoms with Crippen LogP contribution in [0.2, 0.25) is 0 Å². The summed E-state index contributed by atoms with van der Waals surface area (Å²) in [4.78, 5) is 0. The van der Waals surface area contributed by atoms with Crippen LogP contribution in [0.15, 0.2) is 72.8 Å². The molecule has 130 valence electrons. The Morgan fingerprint density at radius 3 is 2.31 bits per heavy atom. The number of aryl methyl sites for hydroxylation is 1. The van der Waals surface area contributed by atoms with Gasteiger partial charge in [-0.05, 0) is 76.9 Å². The van der Waals surface area contributed by atoms with E-state index in [-0.39, 0.29) is 0 Å². The number of allylic oxidation sites excluding steroid dienone is 1. The molecule has 0 amide bonds. The van der Waals surface area contributed by atoms with E-state index in [4.69, 9.17) is 10.5 Å². The lowest BCUT2D eigenvalue weighted by Crippen LogP contribution is -1.97. The highest BCUT2D eigenvalue weighted by atomic mass is 16.5. The highest BCUT2D eigenvalue weighted by molar-refractivity contribution is 6.00. The monoisotopic (exact) mass is 341 g/mol. The molecule has 3 aromatic carbocycles. The minimum Gasteiger partial charge on any atom is -0.497 e. The van der Waals surface area contributed by atoms with E-state index in [0.29, 0.717) is 0 Å². The molecule has 1 aliphatic rings. The van der Waals surface area contributed by atoms with Crippen LogP contribution in [0.5, 0.6) is 5.75 Å². The second-order valence-electron chi connectivity index (χ2n) is 6.72. The Morgan fingerprint density at radius 1 is 0.808 bits per heavy atom. The van der Waals surface area contributed by atoms with Crippen LogP contribution in [-0.4, -0.2) is 7.11 Å². The lowest BCUT2D eigenvalue weighted by molar-refractivity contribution is 0.414. The number of benzene rings is 3. The lowest BCUT2D eigenvalue weighted by Gasteiger charge is -2.17. The number of methoxy groups -OCH3 is 1. The molecule has 0 unspecified atom stereocenters. The Bertz CT molecular complexity index is 940. The summed E-state index contributed by atoms with van der Waals surface area (Å²) in [6.45, 7) is 0. The number of nitrogen functional groups attached to an aromatic ring is 1. The van der Waals surface area contributed by atoms with Gasteiger partial charge in [-0.3, -0.25) is 0 Å². The molecule has 2 nitrogen and oxygen atoms in total. The van der Waals surface area contributed by atoms with E-state index < -0.39 is 0 Å². The second kappa shape index (κ2) is 7.09. The molecule has 0 saturated carbocycles. The zero-order valence-electron chi connectivity index (χ0n) is 15.0. The maximum absolute atomic E-state index is 5.93.